The number of aliphatic hydroxyl groups excluding tert-OH is 1. The van der Waals surface area contributed by atoms with Crippen molar-refractivity contribution >= 4 is 17.7 Å². The molecule has 0 radical (unpaired) electrons. The lowest BCUT2D eigenvalue weighted by atomic mass is 9.84. The number of carboxylic acid groups (broad SMARTS) is 1. The van der Waals surface area contributed by atoms with Crippen LogP contribution in [-0.2, 0) is 16.8 Å². The normalized spacial score (nSPS) is 14.1. The largest absolute Gasteiger partial charge is 0.481 e. The van der Waals surface area contributed by atoms with Crippen LogP contribution in [0.15, 0.2) is 73.1 Å². The average molecular weight is 497 g/mol. The molecule has 2 N–H and O–H groups in total. The predicted octanol–water partition coefficient (Wildman–Crippen LogP) is 4.69. The highest BCUT2D eigenvalue weighted by Gasteiger charge is 2.31. The van der Waals surface area contributed by atoms with Gasteiger partial charge in [-0.25, -0.2) is 9.97 Å². The smallest absolute Gasteiger partial charge is 0.313 e. The van der Waals surface area contributed by atoms with Gasteiger partial charge in [0, 0.05) is 18.0 Å². The molecule has 188 valence electrons. The molecular weight excluding hydrogens is 468 g/mol. The monoisotopic (exact) mass is 496 g/mol. The lowest BCUT2D eigenvalue weighted by molar-refractivity contribution is -0.142. The zero-order valence-corrected chi connectivity index (χ0v) is 20.9. The molecule has 0 spiro atoms. The minimum absolute atomic E-state index is 0.0225. The number of aliphatic carboxylic acids is 1. The van der Waals surface area contributed by atoms with Gasteiger partial charge in [-0.05, 0) is 61.2 Å². The molecule has 1 unspecified atom stereocenters. The molecule has 3 heterocycles. The molecule has 0 saturated carbocycles. The first-order chi connectivity index (χ1) is 17.7. The van der Waals surface area contributed by atoms with Gasteiger partial charge in [0.05, 0.1) is 24.6 Å². The highest BCUT2D eigenvalue weighted by Crippen LogP contribution is 2.33. The number of hydrogen-bond acceptors (Lipinski definition) is 5. The summed E-state index contributed by atoms with van der Waals surface area (Å²) >= 11 is 0. The van der Waals surface area contributed by atoms with Crippen molar-refractivity contribution in [3.05, 3.63) is 89.7 Å². The number of pyridine rings is 1. The molecular formula is C29H28N4O4. The van der Waals surface area contributed by atoms with Crippen molar-refractivity contribution in [1.82, 2.24) is 14.5 Å². The SMILES string of the molecule is CC(CO)n1ccnc1-c1cccc(N2Cc3ccc(-c4ccc(C(C)(C)C(=O)O)cc4)cc3C2=O)n1. The van der Waals surface area contributed by atoms with Crippen LogP contribution in [0.3, 0.4) is 0 Å². The first-order valence-corrected chi connectivity index (χ1v) is 12.1. The summed E-state index contributed by atoms with van der Waals surface area (Å²) in [6.07, 6.45) is 3.47. The minimum atomic E-state index is -0.984. The second-order valence-corrected chi connectivity index (χ2v) is 9.84. The van der Waals surface area contributed by atoms with Crippen molar-refractivity contribution in [2.24, 2.45) is 0 Å². The van der Waals surface area contributed by atoms with Crippen LogP contribution >= 0.6 is 0 Å². The summed E-state index contributed by atoms with van der Waals surface area (Å²) in [6.45, 7) is 5.64. The molecule has 0 saturated heterocycles. The highest BCUT2D eigenvalue weighted by molar-refractivity contribution is 6.10. The van der Waals surface area contributed by atoms with E-state index in [9.17, 15) is 19.8 Å². The number of carbonyl (C=O) groups is 2. The number of aromatic nitrogens is 3. The summed E-state index contributed by atoms with van der Waals surface area (Å²) in [5.41, 5.74) is 3.68. The van der Waals surface area contributed by atoms with Crippen molar-refractivity contribution in [3.8, 4) is 22.6 Å². The van der Waals surface area contributed by atoms with Crippen LogP contribution in [0.4, 0.5) is 5.82 Å². The van der Waals surface area contributed by atoms with Gasteiger partial charge >= 0.3 is 5.97 Å². The minimum Gasteiger partial charge on any atom is -0.481 e. The lowest BCUT2D eigenvalue weighted by Gasteiger charge is -2.20. The maximum Gasteiger partial charge on any atom is 0.313 e. The summed E-state index contributed by atoms with van der Waals surface area (Å²) in [4.78, 5) is 35.8. The predicted molar refractivity (Wildman–Crippen MR) is 140 cm³/mol. The Labute approximate surface area is 214 Å². The highest BCUT2D eigenvalue weighted by atomic mass is 16.4. The van der Waals surface area contributed by atoms with Crippen molar-refractivity contribution in [2.45, 2.75) is 38.8 Å². The van der Waals surface area contributed by atoms with Gasteiger partial charge in [-0.2, -0.15) is 0 Å². The number of benzene rings is 2. The van der Waals surface area contributed by atoms with Crippen LogP contribution < -0.4 is 4.90 Å². The fourth-order valence-corrected chi connectivity index (χ4v) is 4.52. The van der Waals surface area contributed by atoms with E-state index < -0.39 is 11.4 Å². The van der Waals surface area contributed by atoms with Crippen LogP contribution in [0, 0.1) is 0 Å². The Bertz CT molecular complexity index is 1490. The van der Waals surface area contributed by atoms with Crippen LogP contribution in [0.5, 0.6) is 0 Å². The van der Waals surface area contributed by atoms with E-state index in [1.54, 1.807) is 37.2 Å². The van der Waals surface area contributed by atoms with Crippen LogP contribution in [-0.4, -0.2) is 43.2 Å². The topological polar surface area (TPSA) is 109 Å². The Hall–Kier alpha value is -4.30. The molecule has 0 fully saturated rings. The van der Waals surface area contributed by atoms with Gasteiger partial charge in [0.1, 0.15) is 11.5 Å². The van der Waals surface area contributed by atoms with E-state index in [4.69, 9.17) is 4.98 Å². The number of amides is 1. The van der Waals surface area contributed by atoms with E-state index >= 15 is 0 Å². The molecule has 8 nitrogen and oxygen atoms in total. The average Bonchev–Trinajstić information content (AvgIpc) is 3.53. The quantitative estimate of drug-likeness (QED) is 0.384. The Morgan fingerprint density at radius 3 is 2.51 bits per heavy atom. The molecule has 1 aliphatic rings. The third-order valence-electron chi connectivity index (χ3n) is 7.04. The zero-order chi connectivity index (χ0) is 26.3. The number of anilines is 1. The first-order valence-electron chi connectivity index (χ1n) is 12.1. The number of fused-ring (bicyclic) bond motifs is 1. The maximum atomic E-state index is 13.4. The fourth-order valence-electron chi connectivity index (χ4n) is 4.52. The summed E-state index contributed by atoms with van der Waals surface area (Å²) in [5.74, 6) is 0.154. The molecule has 37 heavy (non-hydrogen) atoms. The third kappa shape index (κ3) is 4.29. The molecule has 2 aromatic heterocycles. The Morgan fingerprint density at radius 2 is 1.81 bits per heavy atom. The van der Waals surface area contributed by atoms with Gasteiger partial charge < -0.3 is 14.8 Å². The van der Waals surface area contributed by atoms with E-state index in [-0.39, 0.29) is 18.6 Å². The second kappa shape index (κ2) is 9.29. The van der Waals surface area contributed by atoms with Gasteiger partial charge in [0.2, 0.25) is 0 Å². The molecule has 4 aromatic rings. The molecule has 2 aromatic carbocycles. The number of imidazole rings is 1. The van der Waals surface area contributed by atoms with Gasteiger partial charge in [0.15, 0.2) is 5.82 Å². The van der Waals surface area contributed by atoms with Gasteiger partial charge in [0.25, 0.3) is 5.91 Å². The number of hydrogen-bond donors (Lipinski definition) is 2. The first kappa shape index (κ1) is 24.4. The van der Waals surface area contributed by atoms with Crippen molar-refractivity contribution < 1.29 is 19.8 Å². The van der Waals surface area contributed by atoms with Crippen LogP contribution in [0.1, 0.15) is 48.3 Å². The summed E-state index contributed by atoms with van der Waals surface area (Å²) in [6, 6.07) is 18.6. The zero-order valence-electron chi connectivity index (χ0n) is 20.9. The number of carboxylic acids is 1. The fraction of sp³-hybridized carbons (Fsp3) is 0.241. The van der Waals surface area contributed by atoms with E-state index in [2.05, 4.69) is 4.98 Å². The van der Waals surface area contributed by atoms with Gasteiger partial charge in [-0.15, -0.1) is 0 Å². The summed E-state index contributed by atoms with van der Waals surface area (Å²) in [5, 5.41) is 19.1. The summed E-state index contributed by atoms with van der Waals surface area (Å²) < 4.78 is 1.86. The van der Waals surface area contributed by atoms with Crippen molar-refractivity contribution in [1.29, 1.82) is 0 Å². The van der Waals surface area contributed by atoms with Gasteiger partial charge in [-0.3, -0.25) is 14.5 Å². The molecule has 0 aliphatic carbocycles. The van der Waals surface area contributed by atoms with E-state index in [1.807, 2.05) is 66.1 Å². The second-order valence-electron chi connectivity index (χ2n) is 9.84. The Morgan fingerprint density at radius 1 is 1.08 bits per heavy atom. The molecule has 0 bridgehead atoms. The lowest BCUT2D eigenvalue weighted by Crippen LogP contribution is -2.28. The molecule has 1 amide bonds. The molecule has 1 aliphatic heterocycles. The van der Waals surface area contributed by atoms with E-state index in [0.717, 1.165) is 16.7 Å². The van der Waals surface area contributed by atoms with Crippen LogP contribution in [0.2, 0.25) is 0 Å². The van der Waals surface area contributed by atoms with E-state index in [1.165, 1.54) is 0 Å². The number of aliphatic hydroxyl groups is 1. The molecule has 5 rings (SSSR count). The van der Waals surface area contributed by atoms with Crippen molar-refractivity contribution in [2.75, 3.05) is 11.5 Å². The summed E-state index contributed by atoms with van der Waals surface area (Å²) in [7, 11) is 0. The third-order valence-corrected chi connectivity index (χ3v) is 7.04. The van der Waals surface area contributed by atoms with Crippen LogP contribution in [0.25, 0.3) is 22.6 Å². The van der Waals surface area contributed by atoms with Gasteiger partial charge in [-0.1, -0.05) is 42.5 Å². The molecule has 1 atom stereocenters. The van der Waals surface area contributed by atoms with E-state index in [0.29, 0.717) is 35.0 Å². The number of rotatable bonds is 7. The molecule has 8 heteroatoms. The number of nitrogens with zero attached hydrogens (tertiary/aromatic N) is 4. The Balaban J connectivity index is 1.42. The standard InChI is InChI=1S/C29H28N4O4/c1-18(17-34)32-14-13-30-26(32)24-5-4-6-25(31-24)33-16-21-8-7-20(15-23(21)27(33)35)19-9-11-22(12-10-19)29(2,3)28(36)37/h4-15,18,34H,16-17H2,1-3H3,(H,36,37). The Kier molecular flexibility index (Phi) is 6.13. The maximum absolute atomic E-state index is 13.4. The van der Waals surface area contributed by atoms with Crippen molar-refractivity contribution in [3.63, 3.8) is 0 Å². The number of carbonyl (C=O) groups excluding carboxylic acids is 1.